The third-order valence-electron chi connectivity index (χ3n) is 6.82. The number of hydrogen-bond donors (Lipinski definition) is 3. The number of hydrogen-bond acceptors (Lipinski definition) is 10. The van der Waals surface area contributed by atoms with E-state index in [9.17, 15) is 19.6 Å². The van der Waals surface area contributed by atoms with Crippen LogP contribution in [0.2, 0.25) is 0 Å². The molecule has 47 heavy (non-hydrogen) atoms. The Balaban J connectivity index is 1.44. The smallest absolute Gasteiger partial charge is 0.338 e. The van der Waals surface area contributed by atoms with Crippen LogP contribution in [0, 0.1) is 14.9 Å². The number of rotatable bonds is 13. The van der Waals surface area contributed by atoms with Gasteiger partial charge in [-0.2, -0.15) is 10.4 Å². The lowest BCUT2D eigenvalue weighted by Gasteiger charge is -2.28. The largest absolute Gasteiger partial charge is 0.493 e. The Morgan fingerprint density at radius 3 is 2.55 bits per heavy atom. The van der Waals surface area contributed by atoms with Crippen molar-refractivity contribution < 1.29 is 38.1 Å². The molecule has 244 valence electrons. The second kappa shape index (κ2) is 16.3. The molecule has 0 spiro atoms. The van der Waals surface area contributed by atoms with Crippen LogP contribution in [-0.4, -0.2) is 51.6 Å². The Morgan fingerprint density at radius 1 is 1.06 bits per heavy atom. The Kier molecular flexibility index (Phi) is 12.0. The Labute approximate surface area is 285 Å². The minimum absolute atomic E-state index is 0.117. The van der Waals surface area contributed by atoms with Crippen LogP contribution >= 0.6 is 22.6 Å². The maximum absolute atomic E-state index is 12.6. The first kappa shape index (κ1) is 34.6. The summed E-state index contributed by atoms with van der Waals surface area (Å²) < 4.78 is 28.8. The van der Waals surface area contributed by atoms with Crippen LogP contribution in [-0.2, 0) is 20.9 Å². The number of benzene rings is 3. The number of carbonyl (C=O) groups excluding carboxylic acids is 3. The van der Waals surface area contributed by atoms with Gasteiger partial charge in [-0.05, 0) is 72.3 Å². The molecule has 1 atom stereocenters. The number of esters is 1. The number of hydrazone groups is 1. The van der Waals surface area contributed by atoms with Gasteiger partial charge >= 0.3 is 12.0 Å². The first-order valence-corrected chi connectivity index (χ1v) is 15.3. The lowest BCUT2D eigenvalue weighted by molar-refractivity contribution is -0.139. The summed E-state index contributed by atoms with van der Waals surface area (Å²) in [6, 6.07) is 16.4. The van der Waals surface area contributed by atoms with Crippen LogP contribution in [0.25, 0.3) is 0 Å². The number of halogens is 1. The van der Waals surface area contributed by atoms with Crippen molar-refractivity contribution in [2.45, 2.75) is 26.5 Å². The first-order valence-electron chi connectivity index (χ1n) is 14.2. The molecule has 0 aliphatic carbocycles. The molecular weight excluding hydrogens is 721 g/mol. The fraction of sp³-hybridized carbons (Fsp3) is 0.242. The van der Waals surface area contributed by atoms with Crippen molar-refractivity contribution in [2.24, 2.45) is 5.10 Å². The summed E-state index contributed by atoms with van der Waals surface area (Å²) in [5, 5.41) is 18.8. The Bertz CT molecular complexity index is 1770. The summed E-state index contributed by atoms with van der Waals surface area (Å²) in [7, 11) is 2.95. The van der Waals surface area contributed by atoms with Crippen molar-refractivity contribution in [3.63, 3.8) is 0 Å². The quantitative estimate of drug-likeness (QED) is 0.0987. The zero-order valence-electron chi connectivity index (χ0n) is 26.0. The van der Waals surface area contributed by atoms with E-state index in [2.05, 4.69) is 49.8 Å². The van der Waals surface area contributed by atoms with Gasteiger partial charge in [-0.1, -0.05) is 24.3 Å². The van der Waals surface area contributed by atoms with Crippen LogP contribution < -0.4 is 35.0 Å². The maximum atomic E-state index is 12.6. The summed E-state index contributed by atoms with van der Waals surface area (Å²) in [5.74, 6) is 0.264. The molecule has 3 N–H and O–H groups in total. The summed E-state index contributed by atoms with van der Waals surface area (Å²) in [6.45, 7) is 3.21. The Morgan fingerprint density at radius 2 is 1.83 bits per heavy atom. The highest BCUT2D eigenvalue weighted by Gasteiger charge is 2.32. The number of carbonyl (C=O) groups is 3. The lowest BCUT2D eigenvalue weighted by atomic mass is 9.95. The van der Waals surface area contributed by atoms with E-state index in [0.717, 1.165) is 3.57 Å². The number of nitriles is 1. The van der Waals surface area contributed by atoms with Crippen molar-refractivity contribution in [1.29, 1.82) is 5.26 Å². The zero-order valence-corrected chi connectivity index (χ0v) is 28.2. The molecule has 3 amide bonds. The first-order chi connectivity index (χ1) is 22.7. The van der Waals surface area contributed by atoms with Crippen LogP contribution in [0.1, 0.15) is 42.1 Å². The number of allylic oxidation sites excluding steroid dienone is 1. The minimum atomic E-state index is -0.794. The molecule has 0 fully saturated rings. The van der Waals surface area contributed by atoms with Crippen LogP contribution in [0.5, 0.6) is 23.0 Å². The minimum Gasteiger partial charge on any atom is -0.493 e. The van der Waals surface area contributed by atoms with E-state index >= 15 is 0 Å². The molecule has 13 nitrogen and oxygen atoms in total. The summed E-state index contributed by atoms with van der Waals surface area (Å²) in [5.41, 5.74) is 5.35. The normalized spacial score (nSPS) is 14.0. The molecule has 1 aliphatic heterocycles. The van der Waals surface area contributed by atoms with Gasteiger partial charge in [-0.3, -0.25) is 4.79 Å². The van der Waals surface area contributed by atoms with E-state index in [0.29, 0.717) is 39.4 Å². The number of nitrogens with zero attached hydrogens (tertiary/aromatic N) is 2. The third-order valence-corrected chi connectivity index (χ3v) is 7.44. The lowest BCUT2D eigenvalue weighted by Crippen LogP contribution is -2.45. The molecule has 0 bridgehead atoms. The van der Waals surface area contributed by atoms with Crippen LogP contribution in [0.3, 0.4) is 0 Å². The van der Waals surface area contributed by atoms with Gasteiger partial charge < -0.3 is 34.3 Å². The topological polar surface area (TPSA) is 170 Å². The van der Waals surface area contributed by atoms with Crippen molar-refractivity contribution >= 4 is 46.7 Å². The standard InChI is InChI=1S/C33H32IN5O8/c1-5-45-32(41)29-19(2)37-33(42)38-30(29)20-10-11-25(26(13-20)43-3)46-18-28(40)39-36-16-23-12-24(34)14-27(44-4)31(23)47-17-22-9-7-6-8-21(22)15-35/h6-14,16,30H,5,17-18H2,1-4H3,(H,39,40)(H2,37,38,42)/b36-16+/t30-/m0/s1. The van der Waals surface area contributed by atoms with E-state index < -0.39 is 30.6 Å². The van der Waals surface area contributed by atoms with Crippen LogP contribution in [0.4, 0.5) is 4.79 Å². The molecule has 1 heterocycles. The predicted molar refractivity (Wildman–Crippen MR) is 179 cm³/mol. The fourth-order valence-corrected chi connectivity index (χ4v) is 5.27. The van der Waals surface area contributed by atoms with E-state index in [1.165, 1.54) is 20.4 Å². The van der Waals surface area contributed by atoms with E-state index in [-0.39, 0.29) is 30.3 Å². The molecule has 3 aromatic rings. The van der Waals surface area contributed by atoms with Gasteiger partial charge in [0.25, 0.3) is 5.91 Å². The predicted octanol–water partition coefficient (Wildman–Crippen LogP) is 4.48. The van der Waals surface area contributed by atoms with Gasteiger partial charge in [0.2, 0.25) is 0 Å². The number of nitrogens with one attached hydrogen (secondary N) is 3. The number of ether oxygens (including phenoxy) is 5. The highest BCUT2D eigenvalue weighted by Crippen LogP contribution is 2.35. The fourth-order valence-electron chi connectivity index (χ4n) is 4.65. The third kappa shape index (κ3) is 8.70. The van der Waals surface area contributed by atoms with Crippen LogP contribution in [0.15, 0.2) is 71.0 Å². The highest BCUT2D eigenvalue weighted by molar-refractivity contribution is 14.1. The van der Waals surface area contributed by atoms with Gasteiger partial charge in [-0.15, -0.1) is 0 Å². The van der Waals surface area contributed by atoms with E-state index in [1.54, 1.807) is 56.3 Å². The van der Waals surface area contributed by atoms with Crippen molar-refractivity contribution in [1.82, 2.24) is 16.1 Å². The Hall–Kier alpha value is -5.30. The van der Waals surface area contributed by atoms with Gasteiger partial charge in [0, 0.05) is 20.4 Å². The molecule has 0 saturated heterocycles. The van der Waals surface area contributed by atoms with Gasteiger partial charge in [-0.25, -0.2) is 15.0 Å². The zero-order chi connectivity index (χ0) is 33.9. The summed E-state index contributed by atoms with van der Waals surface area (Å²) >= 11 is 2.13. The van der Waals surface area contributed by atoms with Gasteiger partial charge in [0.15, 0.2) is 29.6 Å². The molecule has 0 aromatic heterocycles. The number of amides is 3. The van der Waals surface area contributed by atoms with Crippen molar-refractivity contribution in [2.75, 3.05) is 27.4 Å². The molecule has 4 rings (SSSR count). The summed E-state index contributed by atoms with van der Waals surface area (Å²) in [4.78, 5) is 37.5. The van der Waals surface area contributed by atoms with Gasteiger partial charge in [0.1, 0.15) is 6.61 Å². The monoisotopic (exact) mass is 753 g/mol. The highest BCUT2D eigenvalue weighted by atomic mass is 127. The second-order valence-electron chi connectivity index (χ2n) is 9.87. The molecule has 0 saturated carbocycles. The number of methoxy groups -OCH3 is 2. The molecule has 1 aliphatic rings. The molecule has 0 radical (unpaired) electrons. The molecular formula is C33H32IN5O8. The number of urea groups is 1. The SMILES string of the molecule is CCOC(=O)C1=C(C)NC(=O)N[C@H]1c1ccc(OCC(=O)N/N=C/c2cc(I)cc(OC)c2OCc2ccccc2C#N)c(OC)c1. The van der Waals surface area contributed by atoms with Crippen molar-refractivity contribution in [3.8, 4) is 29.1 Å². The van der Waals surface area contributed by atoms with Gasteiger partial charge in [0.05, 0.1) is 50.3 Å². The maximum Gasteiger partial charge on any atom is 0.338 e. The second-order valence-corrected chi connectivity index (χ2v) is 11.1. The van der Waals surface area contributed by atoms with E-state index in [1.807, 2.05) is 12.1 Å². The molecule has 3 aromatic carbocycles. The average molecular weight is 754 g/mol. The molecule has 14 heteroatoms. The molecule has 0 unspecified atom stereocenters. The van der Waals surface area contributed by atoms with E-state index in [4.69, 9.17) is 23.7 Å². The summed E-state index contributed by atoms with van der Waals surface area (Å²) in [6.07, 6.45) is 1.42. The average Bonchev–Trinajstić information content (AvgIpc) is 3.06. The van der Waals surface area contributed by atoms with Crippen molar-refractivity contribution in [3.05, 3.63) is 91.7 Å².